The number of nitrogens with zero attached hydrogens (tertiary/aromatic N) is 5. The van der Waals surface area contributed by atoms with Gasteiger partial charge in [0, 0.05) is 52.4 Å². The zero-order valence-corrected chi connectivity index (χ0v) is 31.8. The van der Waals surface area contributed by atoms with Gasteiger partial charge in [0.25, 0.3) is 0 Å². The van der Waals surface area contributed by atoms with E-state index in [2.05, 4.69) is 36.2 Å². The smallest absolute Gasteiger partial charge is 0.407 e. The minimum Gasteiger partial charge on any atom is -0.444 e. The van der Waals surface area contributed by atoms with Crippen molar-refractivity contribution in [2.75, 3.05) is 62.2 Å². The molecule has 1 aromatic rings. The zero-order valence-electron chi connectivity index (χ0n) is 31.0. The van der Waals surface area contributed by atoms with Gasteiger partial charge in [-0.3, -0.25) is 0 Å². The van der Waals surface area contributed by atoms with Crippen molar-refractivity contribution in [2.24, 2.45) is 0 Å². The number of nitrogens with one attached hydrogen (secondary N) is 4. The number of carbonyl (C=O) groups is 4. The Hall–Kier alpha value is -4.02. The molecular weight excluding hydrogens is 662 g/mol. The van der Waals surface area contributed by atoms with Gasteiger partial charge in [-0.05, 0) is 94.7 Å². The van der Waals surface area contributed by atoms with Crippen molar-refractivity contribution in [3.63, 3.8) is 0 Å². The van der Waals surface area contributed by atoms with Crippen LogP contribution in [0.25, 0.3) is 0 Å². The Kier molecular flexibility index (Phi) is 16.4. The number of alkyl carbamates (subject to hydrolysis) is 4. The quantitative estimate of drug-likeness (QED) is 0.200. The number of halogens is 1. The molecule has 1 rings (SSSR count). The standard InChI is InChI=1S/C31H56ClN9O8/c1-28(2,3)46-24(42)33-13-17-40(18-14-34-25(43)47-29(4,5)6)22-37-21(32)38-23(39-22)41(19-15-35-26(44)48-30(7,8)9)20-16-36-27(45)49-31(10,11)12/h13-20H2,1-12H3,(H,33,42)(H,34,43)(H,35,44)(H,36,45). The molecule has 0 aliphatic rings. The summed E-state index contributed by atoms with van der Waals surface area (Å²) in [7, 11) is 0. The van der Waals surface area contributed by atoms with Gasteiger partial charge in [-0.15, -0.1) is 0 Å². The molecule has 0 unspecified atom stereocenters. The van der Waals surface area contributed by atoms with Crippen LogP contribution in [0, 0.1) is 0 Å². The van der Waals surface area contributed by atoms with Crippen molar-refractivity contribution in [2.45, 2.75) is 105 Å². The molecule has 4 N–H and O–H groups in total. The third-order valence-electron chi connectivity index (χ3n) is 5.35. The fraction of sp³-hybridized carbons (Fsp3) is 0.774. The molecule has 0 saturated carbocycles. The van der Waals surface area contributed by atoms with Crippen LogP contribution in [0.5, 0.6) is 0 Å². The minimum absolute atomic E-state index is 0.129. The Balaban J connectivity index is 3.26. The average molecular weight is 718 g/mol. The molecule has 49 heavy (non-hydrogen) atoms. The maximum absolute atomic E-state index is 12.3. The van der Waals surface area contributed by atoms with E-state index >= 15 is 0 Å². The van der Waals surface area contributed by atoms with E-state index in [4.69, 9.17) is 30.5 Å². The van der Waals surface area contributed by atoms with Gasteiger partial charge < -0.3 is 50.0 Å². The van der Waals surface area contributed by atoms with Gasteiger partial charge in [0.05, 0.1) is 0 Å². The molecule has 17 nitrogen and oxygen atoms in total. The van der Waals surface area contributed by atoms with Crippen LogP contribution in [0.1, 0.15) is 83.1 Å². The predicted molar refractivity (Wildman–Crippen MR) is 186 cm³/mol. The average Bonchev–Trinajstić information content (AvgIpc) is 2.87. The van der Waals surface area contributed by atoms with Gasteiger partial charge >= 0.3 is 24.4 Å². The molecule has 0 aliphatic carbocycles. The number of hydrogen-bond donors (Lipinski definition) is 4. The molecule has 0 radical (unpaired) electrons. The molecule has 0 bridgehead atoms. The third kappa shape index (κ3) is 21.5. The van der Waals surface area contributed by atoms with Crippen LogP contribution in [-0.4, -0.2) is 114 Å². The highest BCUT2D eigenvalue weighted by Crippen LogP contribution is 2.17. The van der Waals surface area contributed by atoms with Crippen LogP contribution in [-0.2, 0) is 18.9 Å². The molecule has 0 saturated heterocycles. The highest BCUT2D eigenvalue weighted by atomic mass is 35.5. The van der Waals surface area contributed by atoms with Crippen LogP contribution in [0.4, 0.5) is 31.1 Å². The van der Waals surface area contributed by atoms with E-state index in [9.17, 15) is 19.2 Å². The van der Waals surface area contributed by atoms with Crippen molar-refractivity contribution in [3.8, 4) is 0 Å². The molecule has 0 atom stereocenters. The molecular formula is C31H56ClN9O8. The lowest BCUT2D eigenvalue weighted by Crippen LogP contribution is -2.43. The SMILES string of the molecule is CC(C)(C)OC(=O)NCCN(CCNC(=O)OC(C)(C)C)c1nc(Cl)nc(N(CCNC(=O)OC(C)(C)C)CCNC(=O)OC(C)(C)C)n1. The highest BCUT2D eigenvalue weighted by molar-refractivity contribution is 6.28. The van der Waals surface area contributed by atoms with Crippen LogP contribution >= 0.6 is 11.6 Å². The van der Waals surface area contributed by atoms with Gasteiger partial charge in [0.2, 0.25) is 17.2 Å². The van der Waals surface area contributed by atoms with E-state index in [1.54, 1.807) is 92.9 Å². The second-order valence-electron chi connectivity index (χ2n) is 14.9. The van der Waals surface area contributed by atoms with Crippen molar-refractivity contribution >= 4 is 47.9 Å². The minimum atomic E-state index is -0.683. The molecule has 4 amide bonds. The lowest BCUT2D eigenvalue weighted by Gasteiger charge is -2.27. The highest BCUT2D eigenvalue weighted by Gasteiger charge is 2.22. The lowest BCUT2D eigenvalue weighted by atomic mass is 10.2. The number of amides is 4. The predicted octanol–water partition coefficient (Wildman–Crippen LogP) is 4.24. The van der Waals surface area contributed by atoms with Crippen LogP contribution in [0.2, 0.25) is 5.28 Å². The van der Waals surface area contributed by atoms with E-state index in [0.29, 0.717) is 0 Å². The molecule has 0 aromatic carbocycles. The summed E-state index contributed by atoms with van der Waals surface area (Å²) in [6.07, 6.45) is -2.41. The molecule has 18 heteroatoms. The van der Waals surface area contributed by atoms with Crippen LogP contribution < -0.4 is 31.1 Å². The first-order valence-corrected chi connectivity index (χ1v) is 16.5. The summed E-state index contributed by atoms with van der Waals surface area (Å²) in [4.78, 5) is 65.8. The molecule has 0 spiro atoms. The van der Waals surface area contributed by atoms with Gasteiger partial charge in [0.15, 0.2) is 0 Å². The lowest BCUT2D eigenvalue weighted by molar-refractivity contribution is 0.0515. The first kappa shape index (κ1) is 43.0. The first-order chi connectivity index (χ1) is 22.3. The summed E-state index contributed by atoms with van der Waals surface area (Å²) < 4.78 is 21.3. The zero-order chi connectivity index (χ0) is 37.6. The molecule has 0 fully saturated rings. The van der Waals surface area contributed by atoms with E-state index in [1.165, 1.54) is 0 Å². The first-order valence-electron chi connectivity index (χ1n) is 16.1. The number of aromatic nitrogens is 3. The normalized spacial score (nSPS) is 11.9. The number of carbonyl (C=O) groups excluding carboxylic acids is 4. The maximum Gasteiger partial charge on any atom is 0.407 e. The summed E-state index contributed by atoms with van der Waals surface area (Å²) >= 11 is 6.39. The second-order valence-corrected chi connectivity index (χ2v) is 15.2. The Morgan fingerprint density at radius 2 is 0.714 bits per heavy atom. The Labute approximate surface area is 294 Å². The molecule has 1 aromatic heterocycles. The summed E-state index contributed by atoms with van der Waals surface area (Å²) in [6.45, 7) is 22.5. The third-order valence-corrected chi connectivity index (χ3v) is 5.52. The molecule has 280 valence electrons. The number of ether oxygens (including phenoxy) is 4. The van der Waals surface area contributed by atoms with Gasteiger partial charge in [-0.25, -0.2) is 19.2 Å². The largest absolute Gasteiger partial charge is 0.444 e. The molecule has 1 heterocycles. The van der Waals surface area contributed by atoms with Crippen molar-refractivity contribution in [3.05, 3.63) is 5.28 Å². The summed E-state index contributed by atoms with van der Waals surface area (Å²) in [5.74, 6) is 0.300. The topological polar surface area (TPSA) is 198 Å². The number of rotatable bonds is 14. The monoisotopic (exact) mass is 717 g/mol. The molecule has 0 aliphatic heterocycles. The van der Waals surface area contributed by atoms with Crippen molar-refractivity contribution in [1.82, 2.24) is 36.2 Å². The Bertz CT molecular complexity index is 1080. The van der Waals surface area contributed by atoms with E-state index < -0.39 is 46.8 Å². The number of anilines is 2. The van der Waals surface area contributed by atoms with Gasteiger partial charge in [-0.2, -0.15) is 15.0 Å². The van der Waals surface area contributed by atoms with Gasteiger partial charge in [-0.1, -0.05) is 0 Å². The second kappa shape index (κ2) is 18.7. The Morgan fingerprint density at radius 3 is 0.918 bits per heavy atom. The van der Waals surface area contributed by atoms with Gasteiger partial charge in [0.1, 0.15) is 22.4 Å². The van der Waals surface area contributed by atoms with Crippen LogP contribution in [0.3, 0.4) is 0 Å². The van der Waals surface area contributed by atoms with E-state index in [0.717, 1.165) is 0 Å². The van der Waals surface area contributed by atoms with E-state index in [1.807, 2.05) is 0 Å². The summed E-state index contributed by atoms with van der Waals surface area (Å²) in [6, 6.07) is 0. The fourth-order valence-corrected chi connectivity index (χ4v) is 3.82. The van der Waals surface area contributed by atoms with E-state index in [-0.39, 0.29) is 69.5 Å². The maximum atomic E-state index is 12.3. The summed E-state index contributed by atoms with van der Waals surface area (Å²) in [5.41, 5.74) is -2.73. The Morgan fingerprint density at radius 1 is 0.490 bits per heavy atom. The summed E-state index contributed by atoms with van der Waals surface area (Å²) in [5, 5.41) is 10.7. The van der Waals surface area contributed by atoms with Crippen molar-refractivity contribution in [1.29, 1.82) is 0 Å². The van der Waals surface area contributed by atoms with Crippen LogP contribution in [0.15, 0.2) is 0 Å². The van der Waals surface area contributed by atoms with Crippen molar-refractivity contribution < 1.29 is 38.1 Å². The number of hydrogen-bond acceptors (Lipinski definition) is 13. The fourth-order valence-electron chi connectivity index (χ4n) is 3.66.